The third-order valence-electron chi connectivity index (χ3n) is 7.36. The predicted octanol–water partition coefficient (Wildman–Crippen LogP) is 6.72. The molecule has 0 saturated carbocycles. The van der Waals surface area contributed by atoms with E-state index in [1.807, 2.05) is 12.1 Å². The van der Waals surface area contributed by atoms with Crippen molar-refractivity contribution in [3.05, 3.63) is 111 Å². The van der Waals surface area contributed by atoms with Crippen LogP contribution < -0.4 is 5.56 Å². The van der Waals surface area contributed by atoms with E-state index >= 15 is 0 Å². The van der Waals surface area contributed by atoms with Crippen molar-refractivity contribution in [3.63, 3.8) is 0 Å². The highest BCUT2D eigenvalue weighted by molar-refractivity contribution is 5.87. The molecule has 0 unspecified atom stereocenters. The third kappa shape index (κ3) is 7.67. The molecule has 3 aromatic carbocycles. The van der Waals surface area contributed by atoms with Gasteiger partial charge in [0.25, 0.3) is 0 Å². The molecule has 1 aromatic heterocycles. The molecule has 0 aliphatic carbocycles. The number of H-pyrrole nitrogens is 1. The number of aromatic amines is 1. The maximum Gasteiger partial charge on any atom is 0.248 e. The molecule has 0 fully saturated rings. The normalized spacial score (nSPS) is 12.5. The Morgan fingerprint density at radius 3 is 2.36 bits per heavy atom. The van der Waals surface area contributed by atoms with Crippen molar-refractivity contribution in [2.45, 2.75) is 77.2 Å². The minimum atomic E-state index is -0.687. The maximum absolute atomic E-state index is 12.7. The maximum atomic E-state index is 12.7. The number of phenolic OH excluding ortho intramolecular Hbond substituents is 1. The number of carbonyl (C=O) groups is 1. The number of nitrogens with one attached hydrogen (secondary N) is 1. The fourth-order valence-electron chi connectivity index (χ4n) is 5.04. The van der Waals surface area contributed by atoms with Gasteiger partial charge in [0, 0.05) is 24.3 Å². The number of ketones is 1. The molecule has 39 heavy (non-hydrogen) atoms. The second kappa shape index (κ2) is 12.4. The van der Waals surface area contributed by atoms with Crippen LogP contribution in [0.2, 0.25) is 0 Å². The van der Waals surface area contributed by atoms with Crippen molar-refractivity contribution in [3.8, 4) is 5.75 Å². The summed E-state index contributed by atoms with van der Waals surface area (Å²) in [6.45, 7) is 6.60. The lowest BCUT2D eigenvalue weighted by Gasteiger charge is -2.19. The number of rotatable bonds is 11. The van der Waals surface area contributed by atoms with Crippen LogP contribution in [0.15, 0.2) is 77.6 Å². The van der Waals surface area contributed by atoms with Crippen LogP contribution in [0.4, 0.5) is 0 Å². The second-order valence-corrected chi connectivity index (χ2v) is 11.5. The SMILES string of the molecule is CC(C)(C)c1ccc(CCC(=O)Cc2cccc(CCCC[C@H](O)c3ccc(O)c4[nH]c(=O)ccc34)c2)cc1. The summed E-state index contributed by atoms with van der Waals surface area (Å²) in [5.41, 5.74) is 5.62. The van der Waals surface area contributed by atoms with Crippen molar-refractivity contribution in [2.24, 2.45) is 0 Å². The molecule has 3 N–H and O–H groups in total. The topological polar surface area (TPSA) is 90.4 Å². The summed E-state index contributed by atoms with van der Waals surface area (Å²) in [5, 5.41) is 21.5. The molecule has 4 rings (SSSR count). The van der Waals surface area contributed by atoms with Crippen LogP contribution in [0.5, 0.6) is 5.75 Å². The summed E-state index contributed by atoms with van der Waals surface area (Å²) >= 11 is 0. The van der Waals surface area contributed by atoms with Crippen molar-refractivity contribution >= 4 is 16.7 Å². The minimum Gasteiger partial charge on any atom is -0.506 e. The van der Waals surface area contributed by atoms with Gasteiger partial charge in [0.15, 0.2) is 0 Å². The standard InChI is InChI=1S/C34H39NO4/c1-34(2,3)26-14-11-23(12-15-26)13-16-27(36)22-25-9-6-8-24(21-25)7-4-5-10-30(37)28-17-19-31(38)33-29(28)18-20-32(39)35-33/h6,8-9,11-12,14-15,17-21,30,37-38H,4-5,7,10,13,16,22H2,1-3H3,(H,35,39)/t30-/m0/s1. The van der Waals surface area contributed by atoms with E-state index < -0.39 is 6.10 Å². The van der Waals surface area contributed by atoms with Gasteiger partial charge < -0.3 is 15.2 Å². The van der Waals surface area contributed by atoms with Crippen LogP contribution in [0.25, 0.3) is 10.9 Å². The fraction of sp³-hybridized carbons (Fsp3) is 0.353. The van der Waals surface area contributed by atoms with Crippen molar-refractivity contribution in [2.75, 3.05) is 0 Å². The number of aromatic hydroxyl groups is 1. The Kier molecular flexibility index (Phi) is 9.03. The Bertz CT molecular complexity index is 1480. The first-order valence-corrected chi connectivity index (χ1v) is 13.8. The number of aromatic nitrogens is 1. The molecule has 0 radical (unpaired) electrons. The molecule has 0 amide bonds. The van der Waals surface area contributed by atoms with Crippen LogP contribution >= 0.6 is 0 Å². The first-order valence-electron chi connectivity index (χ1n) is 13.8. The van der Waals surface area contributed by atoms with Gasteiger partial charge in [-0.05, 0) is 71.0 Å². The third-order valence-corrected chi connectivity index (χ3v) is 7.36. The first kappa shape index (κ1) is 28.3. The number of aliphatic hydroxyl groups is 1. The molecule has 0 bridgehead atoms. The molecule has 204 valence electrons. The van der Waals surface area contributed by atoms with Crippen LogP contribution in [-0.4, -0.2) is 21.0 Å². The smallest absolute Gasteiger partial charge is 0.248 e. The highest BCUT2D eigenvalue weighted by Gasteiger charge is 2.15. The van der Waals surface area contributed by atoms with Gasteiger partial charge in [0.2, 0.25) is 5.56 Å². The van der Waals surface area contributed by atoms with Gasteiger partial charge in [-0.1, -0.05) is 81.8 Å². The molecule has 0 spiro atoms. The Morgan fingerprint density at radius 2 is 1.62 bits per heavy atom. The van der Waals surface area contributed by atoms with E-state index in [0.29, 0.717) is 35.7 Å². The van der Waals surface area contributed by atoms with E-state index in [4.69, 9.17) is 0 Å². The van der Waals surface area contributed by atoms with Crippen LogP contribution in [0.1, 0.15) is 80.4 Å². The zero-order chi connectivity index (χ0) is 28.0. The largest absolute Gasteiger partial charge is 0.506 e. The zero-order valence-corrected chi connectivity index (χ0v) is 23.2. The summed E-state index contributed by atoms with van der Waals surface area (Å²) < 4.78 is 0. The number of hydrogen-bond acceptors (Lipinski definition) is 4. The predicted molar refractivity (Wildman–Crippen MR) is 157 cm³/mol. The molecule has 4 aromatic rings. The van der Waals surface area contributed by atoms with E-state index in [-0.39, 0.29) is 22.5 Å². The van der Waals surface area contributed by atoms with E-state index in [9.17, 15) is 19.8 Å². The molecular formula is C34H39NO4. The van der Waals surface area contributed by atoms with Crippen LogP contribution in [0.3, 0.4) is 0 Å². The molecule has 5 nitrogen and oxygen atoms in total. The van der Waals surface area contributed by atoms with E-state index in [2.05, 4.69) is 62.2 Å². The van der Waals surface area contributed by atoms with Gasteiger partial charge >= 0.3 is 0 Å². The number of benzene rings is 3. The average molecular weight is 526 g/mol. The van der Waals surface area contributed by atoms with Gasteiger partial charge in [-0.15, -0.1) is 0 Å². The first-order chi connectivity index (χ1) is 18.6. The molecule has 1 atom stereocenters. The van der Waals surface area contributed by atoms with Gasteiger partial charge in [-0.3, -0.25) is 9.59 Å². The monoisotopic (exact) mass is 525 g/mol. The van der Waals surface area contributed by atoms with Crippen molar-refractivity contribution in [1.29, 1.82) is 0 Å². The zero-order valence-electron chi connectivity index (χ0n) is 23.2. The Balaban J connectivity index is 1.24. The quantitative estimate of drug-likeness (QED) is 0.190. The molecule has 0 aliphatic heterocycles. The molecule has 5 heteroatoms. The molecule has 0 aliphatic rings. The molecule has 0 saturated heterocycles. The number of unbranched alkanes of at least 4 members (excludes halogenated alkanes) is 1. The van der Waals surface area contributed by atoms with Gasteiger partial charge in [-0.25, -0.2) is 0 Å². The lowest BCUT2D eigenvalue weighted by molar-refractivity contribution is -0.118. The van der Waals surface area contributed by atoms with E-state index in [0.717, 1.165) is 31.2 Å². The average Bonchev–Trinajstić information content (AvgIpc) is 2.90. The minimum absolute atomic E-state index is 0.00762. The van der Waals surface area contributed by atoms with Crippen molar-refractivity contribution in [1.82, 2.24) is 4.98 Å². The van der Waals surface area contributed by atoms with E-state index in [1.54, 1.807) is 12.1 Å². The second-order valence-electron chi connectivity index (χ2n) is 11.5. The van der Waals surface area contributed by atoms with E-state index in [1.165, 1.54) is 28.8 Å². The lowest BCUT2D eigenvalue weighted by atomic mass is 9.86. The number of phenols is 1. The molecular weight excluding hydrogens is 486 g/mol. The fourth-order valence-corrected chi connectivity index (χ4v) is 5.04. The summed E-state index contributed by atoms with van der Waals surface area (Å²) in [4.78, 5) is 26.9. The van der Waals surface area contributed by atoms with Gasteiger partial charge in [0.1, 0.15) is 11.5 Å². The highest BCUT2D eigenvalue weighted by atomic mass is 16.3. The summed E-state index contributed by atoms with van der Waals surface area (Å²) in [5.74, 6) is 0.240. The summed E-state index contributed by atoms with van der Waals surface area (Å²) in [6.07, 6.45) is 4.24. The number of carbonyl (C=O) groups excluding carboxylic acids is 1. The summed E-state index contributed by atoms with van der Waals surface area (Å²) in [7, 11) is 0. The Morgan fingerprint density at radius 1 is 0.872 bits per heavy atom. The number of aliphatic hydroxyl groups excluding tert-OH is 1. The van der Waals surface area contributed by atoms with Crippen LogP contribution in [-0.2, 0) is 29.5 Å². The Labute approximate surface area is 230 Å². The molecule has 1 heterocycles. The highest BCUT2D eigenvalue weighted by Crippen LogP contribution is 2.31. The number of Topliss-reactive ketones (excluding diaryl/α,β-unsaturated/α-hetero) is 1. The van der Waals surface area contributed by atoms with Gasteiger partial charge in [0.05, 0.1) is 11.6 Å². The Hall–Kier alpha value is -3.70. The number of hydrogen-bond donors (Lipinski definition) is 3. The van der Waals surface area contributed by atoms with Crippen LogP contribution in [0, 0.1) is 0 Å². The number of aryl methyl sites for hydroxylation is 2. The van der Waals surface area contributed by atoms with Gasteiger partial charge in [-0.2, -0.15) is 0 Å². The number of fused-ring (bicyclic) bond motifs is 1. The lowest BCUT2D eigenvalue weighted by Crippen LogP contribution is -2.11. The number of pyridine rings is 1. The van der Waals surface area contributed by atoms with Crippen molar-refractivity contribution < 1.29 is 15.0 Å². The summed E-state index contributed by atoms with van der Waals surface area (Å²) in [6, 6.07) is 23.1.